The zero-order valence-electron chi connectivity index (χ0n) is 8.71. The lowest BCUT2D eigenvalue weighted by atomic mass is 10.2. The predicted octanol–water partition coefficient (Wildman–Crippen LogP) is 1.19. The number of hydrogen-bond donors (Lipinski definition) is 1. The third kappa shape index (κ3) is 2.12. The molecule has 0 aliphatic rings. The van der Waals surface area contributed by atoms with E-state index in [9.17, 15) is 4.79 Å². The molecule has 0 bridgehead atoms. The number of hydrogen-bond acceptors (Lipinski definition) is 2. The Morgan fingerprint density at radius 2 is 2.21 bits per heavy atom. The molecule has 1 aromatic rings. The van der Waals surface area contributed by atoms with Gasteiger partial charge in [-0.2, -0.15) is 0 Å². The highest BCUT2D eigenvalue weighted by atomic mass is 16.1. The Bertz CT molecular complexity index is 404. The second-order valence-corrected chi connectivity index (χ2v) is 3.55. The number of nitrogens with two attached hydrogens (primary N) is 1. The Morgan fingerprint density at radius 1 is 1.57 bits per heavy atom. The number of allylic oxidation sites excluding steroid dienone is 1. The molecule has 1 aromatic heterocycles. The molecule has 0 aromatic carbocycles. The standard InChI is InChI=1S/C11H16N2O/c1-8(2)7-13-9(3)4-5-10(6-12)11(13)14/h4-5H,1,6-7,12H2,2-3H3. The van der Waals surface area contributed by atoms with Gasteiger partial charge >= 0.3 is 0 Å². The Hall–Kier alpha value is -1.35. The molecule has 0 saturated heterocycles. The average molecular weight is 192 g/mol. The van der Waals surface area contributed by atoms with E-state index < -0.39 is 0 Å². The van der Waals surface area contributed by atoms with Crippen LogP contribution in [0.5, 0.6) is 0 Å². The normalized spacial score (nSPS) is 10.2. The molecular formula is C11H16N2O. The molecular weight excluding hydrogens is 176 g/mol. The van der Waals surface area contributed by atoms with Crippen molar-refractivity contribution in [3.8, 4) is 0 Å². The summed E-state index contributed by atoms with van der Waals surface area (Å²) in [5.74, 6) is 0. The molecule has 0 amide bonds. The van der Waals surface area contributed by atoms with Gasteiger partial charge in [-0.1, -0.05) is 18.2 Å². The summed E-state index contributed by atoms with van der Waals surface area (Å²) in [5, 5.41) is 0. The first-order chi connectivity index (χ1) is 6.56. The van der Waals surface area contributed by atoms with Crippen molar-refractivity contribution in [1.29, 1.82) is 0 Å². The second-order valence-electron chi connectivity index (χ2n) is 3.55. The van der Waals surface area contributed by atoms with E-state index in [4.69, 9.17) is 5.73 Å². The summed E-state index contributed by atoms with van der Waals surface area (Å²) < 4.78 is 1.70. The van der Waals surface area contributed by atoms with E-state index in [2.05, 4.69) is 6.58 Å². The average Bonchev–Trinajstić information content (AvgIpc) is 2.12. The van der Waals surface area contributed by atoms with Gasteiger partial charge in [0.2, 0.25) is 0 Å². The maximum Gasteiger partial charge on any atom is 0.255 e. The van der Waals surface area contributed by atoms with Gasteiger partial charge in [0.25, 0.3) is 5.56 Å². The van der Waals surface area contributed by atoms with Crippen molar-refractivity contribution in [2.24, 2.45) is 5.73 Å². The number of pyridine rings is 1. The molecule has 1 rings (SSSR count). The van der Waals surface area contributed by atoms with Gasteiger partial charge in [0.1, 0.15) is 0 Å². The van der Waals surface area contributed by atoms with E-state index in [1.54, 1.807) is 10.6 Å². The SMILES string of the molecule is C=C(C)Cn1c(C)ccc(CN)c1=O. The Morgan fingerprint density at radius 3 is 2.71 bits per heavy atom. The molecule has 0 aliphatic carbocycles. The lowest BCUT2D eigenvalue weighted by Crippen LogP contribution is -2.27. The minimum absolute atomic E-state index is 0.00417. The van der Waals surface area contributed by atoms with Crippen molar-refractivity contribution in [2.45, 2.75) is 26.9 Å². The summed E-state index contributed by atoms with van der Waals surface area (Å²) >= 11 is 0. The van der Waals surface area contributed by atoms with Crippen LogP contribution in [0.25, 0.3) is 0 Å². The van der Waals surface area contributed by atoms with Gasteiger partial charge in [0, 0.05) is 24.3 Å². The van der Waals surface area contributed by atoms with Crippen LogP contribution in [0.3, 0.4) is 0 Å². The first kappa shape index (κ1) is 10.7. The third-order valence-corrected chi connectivity index (χ3v) is 2.12. The van der Waals surface area contributed by atoms with Gasteiger partial charge in [0.05, 0.1) is 0 Å². The van der Waals surface area contributed by atoms with E-state index in [0.29, 0.717) is 12.1 Å². The predicted molar refractivity (Wildman–Crippen MR) is 58.1 cm³/mol. The summed E-state index contributed by atoms with van der Waals surface area (Å²) in [6.45, 7) is 8.46. The summed E-state index contributed by atoms with van der Waals surface area (Å²) in [6, 6.07) is 3.69. The Kier molecular flexibility index (Phi) is 3.25. The molecule has 76 valence electrons. The molecule has 2 N–H and O–H groups in total. The van der Waals surface area contributed by atoms with Gasteiger partial charge in [-0.3, -0.25) is 4.79 Å². The van der Waals surface area contributed by atoms with Gasteiger partial charge in [-0.05, 0) is 19.9 Å². The monoisotopic (exact) mass is 192 g/mol. The molecule has 0 radical (unpaired) electrons. The summed E-state index contributed by atoms with van der Waals surface area (Å²) in [6.07, 6.45) is 0. The van der Waals surface area contributed by atoms with Gasteiger partial charge < -0.3 is 10.3 Å². The fourth-order valence-electron chi connectivity index (χ4n) is 1.34. The van der Waals surface area contributed by atoms with E-state index in [1.165, 1.54) is 0 Å². The Balaban J connectivity index is 3.25. The van der Waals surface area contributed by atoms with E-state index in [-0.39, 0.29) is 12.1 Å². The first-order valence-corrected chi connectivity index (χ1v) is 4.60. The van der Waals surface area contributed by atoms with Crippen LogP contribution < -0.4 is 11.3 Å². The Labute approximate surface area is 83.9 Å². The molecule has 0 aliphatic heterocycles. The van der Waals surface area contributed by atoms with Crippen LogP contribution in [0.1, 0.15) is 18.2 Å². The summed E-state index contributed by atoms with van der Waals surface area (Å²) in [4.78, 5) is 11.8. The molecule has 0 unspecified atom stereocenters. The number of aromatic nitrogens is 1. The summed E-state index contributed by atoms with van der Waals surface area (Å²) in [7, 11) is 0. The van der Waals surface area contributed by atoms with E-state index >= 15 is 0 Å². The molecule has 1 heterocycles. The zero-order chi connectivity index (χ0) is 10.7. The van der Waals surface area contributed by atoms with Crippen LogP contribution in [0.2, 0.25) is 0 Å². The number of rotatable bonds is 3. The lowest BCUT2D eigenvalue weighted by molar-refractivity contribution is 0.708. The van der Waals surface area contributed by atoms with E-state index in [1.807, 2.05) is 19.9 Å². The van der Waals surface area contributed by atoms with Crippen LogP contribution in [-0.2, 0) is 13.1 Å². The van der Waals surface area contributed by atoms with Gasteiger partial charge in [-0.25, -0.2) is 0 Å². The quantitative estimate of drug-likeness (QED) is 0.731. The fourth-order valence-corrected chi connectivity index (χ4v) is 1.34. The van der Waals surface area contributed by atoms with Crippen LogP contribution in [0.4, 0.5) is 0 Å². The number of aryl methyl sites for hydroxylation is 1. The van der Waals surface area contributed by atoms with Crippen LogP contribution >= 0.6 is 0 Å². The van der Waals surface area contributed by atoms with Crippen molar-refractivity contribution < 1.29 is 0 Å². The molecule has 0 fully saturated rings. The van der Waals surface area contributed by atoms with Gasteiger partial charge in [0.15, 0.2) is 0 Å². The molecule has 3 nitrogen and oxygen atoms in total. The minimum Gasteiger partial charge on any atom is -0.326 e. The van der Waals surface area contributed by atoms with Crippen molar-refractivity contribution in [3.63, 3.8) is 0 Å². The molecule has 0 spiro atoms. The lowest BCUT2D eigenvalue weighted by Gasteiger charge is -2.10. The first-order valence-electron chi connectivity index (χ1n) is 4.60. The number of nitrogens with zero attached hydrogens (tertiary/aromatic N) is 1. The van der Waals surface area contributed by atoms with E-state index in [0.717, 1.165) is 11.3 Å². The fraction of sp³-hybridized carbons (Fsp3) is 0.364. The van der Waals surface area contributed by atoms with Crippen LogP contribution in [0, 0.1) is 6.92 Å². The molecule has 0 saturated carbocycles. The van der Waals surface area contributed by atoms with Gasteiger partial charge in [-0.15, -0.1) is 0 Å². The highest BCUT2D eigenvalue weighted by molar-refractivity contribution is 5.16. The maximum atomic E-state index is 11.8. The minimum atomic E-state index is -0.00417. The van der Waals surface area contributed by atoms with Crippen LogP contribution in [0.15, 0.2) is 29.1 Å². The third-order valence-electron chi connectivity index (χ3n) is 2.12. The smallest absolute Gasteiger partial charge is 0.255 e. The highest BCUT2D eigenvalue weighted by Crippen LogP contribution is 2.01. The highest BCUT2D eigenvalue weighted by Gasteiger charge is 2.04. The molecule has 14 heavy (non-hydrogen) atoms. The second kappa shape index (κ2) is 4.24. The van der Waals surface area contributed by atoms with Crippen molar-refractivity contribution in [3.05, 3.63) is 45.9 Å². The molecule has 0 atom stereocenters. The van der Waals surface area contributed by atoms with Crippen LogP contribution in [-0.4, -0.2) is 4.57 Å². The summed E-state index contributed by atoms with van der Waals surface area (Å²) in [5.41, 5.74) is 8.01. The van der Waals surface area contributed by atoms with Crippen molar-refractivity contribution in [1.82, 2.24) is 4.57 Å². The van der Waals surface area contributed by atoms with Crippen molar-refractivity contribution in [2.75, 3.05) is 0 Å². The largest absolute Gasteiger partial charge is 0.326 e. The molecule has 3 heteroatoms. The zero-order valence-corrected chi connectivity index (χ0v) is 8.71. The van der Waals surface area contributed by atoms with Crippen molar-refractivity contribution >= 4 is 0 Å². The topological polar surface area (TPSA) is 48.0 Å². The maximum absolute atomic E-state index is 11.8.